The van der Waals surface area contributed by atoms with Crippen molar-refractivity contribution in [3.63, 3.8) is 0 Å². The van der Waals surface area contributed by atoms with Crippen LogP contribution in [0.5, 0.6) is 0 Å². The average molecular weight is 253 g/mol. The Hall–Kier alpha value is -1.79. The quantitative estimate of drug-likeness (QED) is 0.213. The molecule has 0 atom stereocenters. The van der Waals surface area contributed by atoms with Crippen molar-refractivity contribution in [3.8, 4) is 0 Å². The highest BCUT2D eigenvalue weighted by Gasteiger charge is 2.03. The molecule has 0 aliphatic carbocycles. The lowest BCUT2D eigenvalue weighted by Crippen LogP contribution is -2.23. The number of oxime groups is 1. The van der Waals surface area contributed by atoms with Crippen molar-refractivity contribution in [1.29, 1.82) is 0 Å². The molecule has 1 rings (SSSR count). The molecule has 0 saturated heterocycles. The highest BCUT2D eigenvalue weighted by atomic mass is 16.5. The van der Waals surface area contributed by atoms with Gasteiger partial charge in [-0.15, -0.1) is 0 Å². The number of benzene rings is 1. The van der Waals surface area contributed by atoms with Crippen LogP contribution >= 0.6 is 0 Å². The number of aliphatic hydroxyl groups excluding tert-OH is 1. The number of nitrogens with two attached hydrogens (primary N) is 1. The van der Waals surface area contributed by atoms with Gasteiger partial charge in [0.2, 0.25) is 0 Å². The number of aliphatic hydroxyl groups is 1. The Kier molecular flexibility index (Phi) is 5.96. The van der Waals surface area contributed by atoms with E-state index < -0.39 is 0 Å². The van der Waals surface area contributed by atoms with Crippen LogP contribution in [-0.2, 0) is 4.74 Å². The molecule has 6 nitrogen and oxygen atoms in total. The van der Waals surface area contributed by atoms with Gasteiger partial charge in [-0.25, -0.2) is 0 Å². The number of likely N-dealkylation sites (N-methyl/N-ethyl adjacent to an activating group) is 1. The molecule has 0 fully saturated rings. The third kappa shape index (κ3) is 4.23. The second-order valence-corrected chi connectivity index (χ2v) is 3.79. The Balaban J connectivity index is 2.51. The molecule has 0 aliphatic rings. The van der Waals surface area contributed by atoms with Crippen molar-refractivity contribution in [2.75, 3.05) is 38.3 Å². The topological polar surface area (TPSA) is 91.3 Å². The molecule has 0 spiro atoms. The molecule has 1 aromatic rings. The summed E-state index contributed by atoms with van der Waals surface area (Å²) in [6.45, 7) is 1.68. The van der Waals surface area contributed by atoms with Crippen molar-refractivity contribution in [1.82, 2.24) is 0 Å². The summed E-state index contributed by atoms with van der Waals surface area (Å²) in [5.74, 6) is 0.0930. The number of nitrogens with zero attached hydrogens (tertiary/aromatic N) is 2. The molecule has 0 radical (unpaired) electrons. The molecule has 0 bridgehead atoms. The largest absolute Gasteiger partial charge is 0.409 e. The molecule has 1 aromatic carbocycles. The van der Waals surface area contributed by atoms with Gasteiger partial charge in [-0.3, -0.25) is 0 Å². The summed E-state index contributed by atoms with van der Waals surface area (Å²) in [6.07, 6.45) is 0. The van der Waals surface area contributed by atoms with Gasteiger partial charge in [-0.1, -0.05) is 5.16 Å². The summed E-state index contributed by atoms with van der Waals surface area (Å²) < 4.78 is 5.19. The van der Waals surface area contributed by atoms with Gasteiger partial charge in [0.05, 0.1) is 19.8 Å². The predicted molar refractivity (Wildman–Crippen MR) is 70.1 cm³/mol. The van der Waals surface area contributed by atoms with Crippen LogP contribution in [0.15, 0.2) is 29.4 Å². The molecular weight excluding hydrogens is 234 g/mol. The van der Waals surface area contributed by atoms with Crippen LogP contribution in [0.2, 0.25) is 0 Å². The maximum Gasteiger partial charge on any atom is 0.170 e. The first-order valence-corrected chi connectivity index (χ1v) is 5.66. The fraction of sp³-hybridized carbons (Fsp3) is 0.417. The SMILES string of the molecule is CN(CCOCCO)c1ccc(/C(N)=N/O)cc1. The highest BCUT2D eigenvalue weighted by molar-refractivity contribution is 5.97. The Morgan fingerprint density at radius 1 is 1.33 bits per heavy atom. The van der Waals surface area contributed by atoms with Gasteiger partial charge in [0, 0.05) is 24.8 Å². The van der Waals surface area contributed by atoms with Crippen molar-refractivity contribution in [2.45, 2.75) is 0 Å². The molecule has 0 unspecified atom stereocenters. The Labute approximate surface area is 106 Å². The lowest BCUT2D eigenvalue weighted by molar-refractivity contribution is 0.0971. The third-order valence-corrected chi connectivity index (χ3v) is 2.52. The smallest absolute Gasteiger partial charge is 0.170 e. The van der Waals surface area contributed by atoms with E-state index in [9.17, 15) is 0 Å². The minimum atomic E-state index is 0.0399. The number of ether oxygens (including phenoxy) is 1. The normalized spacial score (nSPS) is 11.6. The van der Waals surface area contributed by atoms with Gasteiger partial charge in [0.1, 0.15) is 0 Å². The monoisotopic (exact) mass is 253 g/mol. The number of rotatable bonds is 7. The van der Waals surface area contributed by atoms with E-state index in [2.05, 4.69) is 5.16 Å². The number of hydrogen-bond donors (Lipinski definition) is 3. The molecule has 0 aliphatic heterocycles. The van der Waals surface area contributed by atoms with Crippen LogP contribution in [0.4, 0.5) is 5.69 Å². The van der Waals surface area contributed by atoms with E-state index in [0.29, 0.717) is 18.8 Å². The first kappa shape index (κ1) is 14.3. The van der Waals surface area contributed by atoms with Crippen molar-refractivity contribution in [2.24, 2.45) is 10.9 Å². The lowest BCUT2D eigenvalue weighted by Gasteiger charge is -2.19. The van der Waals surface area contributed by atoms with Gasteiger partial charge < -0.3 is 25.7 Å². The molecule has 18 heavy (non-hydrogen) atoms. The van der Waals surface area contributed by atoms with Crippen molar-refractivity contribution < 1.29 is 15.1 Å². The van der Waals surface area contributed by atoms with E-state index >= 15 is 0 Å². The lowest BCUT2D eigenvalue weighted by atomic mass is 10.2. The van der Waals surface area contributed by atoms with Crippen LogP contribution in [0, 0.1) is 0 Å². The molecule has 0 aromatic heterocycles. The second kappa shape index (κ2) is 7.52. The Morgan fingerprint density at radius 2 is 2.00 bits per heavy atom. The van der Waals surface area contributed by atoms with Crippen LogP contribution in [0.3, 0.4) is 0 Å². The molecule has 0 saturated carbocycles. The zero-order valence-corrected chi connectivity index (χ0v) is 10.4. The van der Waals surface area contributed by atoms with Crippen LogP contribution in [0.25, 0.3) is 0 Å². The standard InChI is InChI=1S/C12H19N3O3/c1-15(6-8-18-9-7-16)11-4-2-10(3-5-11)12(13)14-17/h2-5,16-17H,6-9H2,1H3,(H2,13,14). The zero-order valence-electron chi connectivity index (χ0n) is 10.4. The Morgan fingerprint density at radius 3 is 2.56 bits per heavy atom. The summed E-state index contributed by atoms with van der Waals surface area (Å²) in [7, 11) is 1.95. The van der Waals surface area contributed by atoms with Crippen molar-refractivity contribution >= 4 is 11.5 Å². The van der Waals surface area contributed by atoms with Crippen molar-refractivity contribution in [3.05, 3.63) is 29.8 Å². The summed E-state index contributed by atoms with van der Waals surface area (Å²) in [5, 5.41) is 20.1. The average Bonchev–Trinajstić information content (AvgIpc) is 2.42. The first-order chi connectivity index (χ1) is 8.69. The third-order valence-electron chi connectivity index (χ3n) is 2.52. The maximum atomic E-state index is 8.57. The summed E-state index contributed by atoms with van der Waals surface area (Å²) in [4.78, 5) is 2.02. The van der Waals surface area contributed by atoms with Gasteiger partial charge in [-0.05, 0) is 24.3 Å². The van der Waals surface area contributed by atoms with E-state index in [1.54, 1.807) is 12.1 Å². The van der Waals surface area contributed by atoms with E-state index in [0.717, 1.165) is 12.2 Å². The van der Waals surface area contributed by atoms with E-state index in [4.69, 9.17) is 20.8 Å². The second-order valence-electron chi connectivity index (χ2n) is 3.79. The molecule has 6 heteroatoms. The van der Waals surface area contributed by atoms with Gasteiger partial charge in [0.25, 0.3) is 0 Å². The number of amidine groups is 1. The summed E-state index contributed by atoms with van der Waals surface area (Å²) >= 11 is 0. The molecule has 100 valence electrons. The molecule has 0 amide bonds. The highest BCUT2D eigenvalue weighted by Crippen LogP contribution is 2.13. The predicted octanol–water partition coefficient (Wildman–Crippen LogP) is 0.226. The fourth-order valence-electron chi connectivity index (χ4n) is 1.44. The summed E-state index contributed by atoms with van der Waals surface area (Å²) in [6, 6.07) is 7.35. The van der Waals surface area contributed by atoms with Crippen LogP contribution in [-0.4, -0.2) is 49.6 Å². The molecule has 0 heterocycles. The fourth-order valence-corrected chi connectivity index (χ4v) is 1.44. The summed E-state index contributed by atoms with van der Waals surface area (Å²) in [5.41, 5.74) is 7.16. The minimum Gasteiger partial charge on any atom is -0.409 e. The zero-order chi connectivity index (χ0) is 13.4. The van der Waals surface area contributed by atoms with Crippen LogP contribution < -0.4 is 10.6 Å². The molecule has 4 N–H and O–H groups in total. The van der Waals surface area contributed by atoms with E-state index in [1.807, 2.05) is 24.1 Å². The van der Waals surface area contributed by atoms with Gasteiger partial charge in [0.15, 0.2) is 5.84 Å². The number of anilines is 1. The van der Waals surface area contributed by atoms with Crippen LogP contribution in [0.1, 0.15) is 5.56 Å². The molecular formula is C12H19N3O3. The number of hydrogen-bond acceptors (Lipinski definition) is 5. The van der Waals surface area contributed by atoms with E-state index in [1.165, 1.54) is 0 Å². The minimum absolute atomic E-state index is 0.0399. The maximum absolute atomic E-state index is 8.57. The van der Waals surface area contributed by atoms with Gasteiger partial charge in [-0.2, -0.15) is 0 Å². The Bertz CT molecular complexity index is 379. The van der Waals surface area contributed by atoms with Gasteiger partial charge >= 0.3 is 0 Å². The van der Waals surface area contributed by atoms with E-state index in [-0.39, 0.29) is 12.4 Å². The first-order valence-electron chi connectivity index (χ1n) is 5.66.